The fraction of sp³-hybridized carbons (Fsp3) is 0.857. The Kier molecular flexibility index (Phi) is 4.83. The van der Waals surface area contributed by atoms with Crippen LogP contribution >= 0.6 is 0 Å². The summed E-state index contributed by atoms with van der Waals surface area (Å²) in [7, 11) is 0. The minimum atomic E-state index is 0.225. The van der Waals surface area contributed by atoms with Gasteiger partial charge in [0.15, 0.2) is 0 Å². The molecule has 1 N–H and O–H groups in total. The van der Waals surface area contributed by atoms with Crippen LogP contribution in [0.4, 0.5) is 0 Å². The maximum absolute atomic E-state index is 5.40. The zero-order valence-corrected chi connectivity index (χ0v) is 11.2. The molecule has 2 atom stereocenters. The predicted octanol–water partition coefficient (Wildman–Crippen LogP) is 2.11. The predicted molar refractivity (Wildman–Crippen MR) is 70.3 cm³/mol. The lowest BCUT2D eigenvalue weighted by molar-refractivity contribution is 0.0733. The maximum Gasteiger partial charge on any atom is 0.0601 e. The van der Waals surface area contributed by atoms with Crippen LogP contribution in [0, 0.1) is 18.3 Å². The number of nitrogens with one attached hydrogen (secondary N) is 1. The first-order valence-electron chi connectivity index (χ1n) is 6.40. The van der Waals surface area contributed by atoms with Crippen molar-refractivity contribution in [3.63, 3.8) is 0 Å². The van der Waals surface area contributed by atoms with Gasteiger partial charge in [-0.1, -0.05) is 12.8 Å². The molecule has 0 radical (unpaired) electrons. The lowest BCUT2D eigenvalue weighted by Crippen LogP contribution is -2.52. The van der Waals surface area contributed by atoms with Crippen LogP contribution in [-0.4, -0.2) is 36.1 Å². The molecule has 1 aliphatic carbocycles. The first-order valence-corrected chi connectivity index (χ1v) is 6.40. The van der Waals surface area contributed by atoms with E-state index in [0.717, 1.165) is 25.6 Å². The molecule has 2 unspecified atom stereocenters. The second kappa shape index (κ2) is 5.70. The SMILES string of the molecule is C#CCN(CC)C1CCC1CNC(C)(C)C. The summed E-state index contributed by atoms with van der Waals surface area (Å²) in [4.78, 5) is 2.43. The van der Waals surface area contributed by atoms with Gasteiger partial charge in [0, 0.05) is 11.6 Å². The van der Waals surface area contributed by atoms with Crippen LogP contribution in [0.15, 0.2) is 0 Å². The molecule has 1 saturated carbocycles. The van der Waals surface area contributed by atoms with Crippen LogP contribution in [0.5, 0.6) is 0 Å². The molecule has 0 aromatic rings. The third kappa shape index (κ3) is 3.81. The van der Waals surface area contributed by atoms with Crippen molar-refractivity contribution in [3.8, 4) is 12.3 Å². The smallest absolute Gasteiger partial charge is 0.0601 e. The Bertz CT molecular complexity index is 246. The minimum absolute atomic E-state index is 0.225. The van der Waals surface area contributed by atoms with Gasteiger partial charge in [0.2, 0.25) is 0 Å². The Morgan fingerprint density at radius 2 is 2.06 bits per heavy atom. The van der Waals surface area contributed by atoms with E-state index >= 15 is 0 Å². The van der Waals surface area contributed by atoms with Crippen molar-refractivity contribution in [2.75, 3.05) is 19.6 Å². The van der Waals surface area contributed by atoms with Gasteiger partial charge in [0.05, 0.1) is 6.54 Å². The maximum atomic E-state index is 5.40. The summed E-state index contributed by atoms with van der Waals surface area (Å²) in [5, 5.41) is 3.60. The summed E-state index contributed by atoms with van der Waals surface area (Å²) < 4.78 is 0. The Morgan fingerprint density at radius 3 is 2.44 bits per heavy atom. The van der Waals surface area contributed by atoms with E-state index in [2.05, 4.69) is 43.8 Å². The van der Waals surface area contributed by atoms with Gasteiger partial charge in [-0.05, 0) is 52.6 Å². The highest BCUT2D eigenvalue weighted by Crippen LogP contribution is 2.31. The van der Waals surface area contributed by atoms with Gasteiger partial charge in [-0.25, -0.2) is 0 Å². The molecule has 0 saturated heterocycles. The number of nitrogens with zero attached hydrogens (tertiary/aromatic N) is 1. The van der Waals surface area contributed by atoms with Gasteiger partial charge in [-0.15, -0.1) is 6.42 Å². The average molecular weight is 222 g/mol. The summed E-state index contributed by atoms with van der Waals surface area (Å²) in [5.41, 5.74) is 0.225. The van der Waals surface area contributed by atoms with Gasteiger partial charge in [-0.3, -0.25) is 4.90 Å². The fourth-order valence-electron chi connectivity index (χ4n) is 2.29. The summed E-state index contributed by atoms with van der Waals surface area (Å²) in [6.45, 7) is 11.9. The van der Waals surface area contributed by atoms with E-state index < -0.39 is 0 Å². The number of terminal acetylenes is 1. The van der Waals surface area contributed by atoms with E-state index in [1.54, 1.807) is 0 Å². The minimum Gasteiger partial charge on any atom is -0.312 e. The molecule has 0 aromatic heterocycles. The summed E-state index contributed by atoms with van der Waals surface area (Å²) in [6.07, 6.45) is 8.06. The molecule has 0 aliphatic heterocycles. The van der Waals surface area contributed by atoms with Crippen LogP contribution in [0.3, 0.4) is 0 Å². The van der Waals surface area contributed by atoms with E-state index in [1.807, 2.05) is 0 Å². The lowest BCUT2D eigenvalue weighted by Gasteiger charge is -2.44. The fourth-order valence-corrected chi connectivity index (χ4v) is 2.29. The Balaban J connectivity index is 2.37. The zero-order chi connectivity index (χ0) is 12.2. The molecule has 92 valence electrons. The molecule has 1 fully saturated rings. The third-order valence-electron chi connectivity index (χ3n) is 3.44. The quantitative estimate of drug-likeness (QED) is 0.717. The Morgan fingerprint density at radius 1 is 1.38 bits per heavy atom. The molecule has 0 spiro atoms. The number of hydrogen-bond acceptors (Lipinski definition) is 2. The highest BCUT2D eigenvalue weighted by molar-refractivity contribution is 4.96. The van der Waals surface area contributed by atoms with Crippen molar-refractivity contribution >= 4 is 0 Å². The molecular weight excluding hydrogens is 196 g/mol. The van der Waals surface area contributed by atoms with Crippen molar-refractivity contribution in [2.24, 2.45) is 5.92 Å². The Hall–Kier alpha value is -0.520. The summed E-state index contributed by atoms with van der Waals surface area (Å²) in [5.74, 6) is 3.55. The normalized spacial score (nSPS) is 25.2. The third-order valence-corrected chi connectivity index (χ3v) is 3.44. The van der Waals surface area contributed by atoms with Gasteiger partial charge >= 0.3 is 0 Å². The Labute approximate surface area is 101 Å². The standard InChI is InChI=1S/C14H26N2/c1-6-10-16(7-2)13-9-8-12(13)11-15-14(3,4)5/h1,12-13,15H,7-11H2,2-5H3. The van der Waals surface area contributed by atoms with E-state index in [9.17, 15) is 0 Å². The monoisotopic (exact) mass is 222 g/mol. The van der Waals surface area contributed by atoms with E-state index in [-0.39, 0.29) is 5.54 Å². The van der Waals surface area contributed by atoms with Gasteiger partial charge in [0.1, 0.15) is 0 Å². The van der Waals surface area contributed by atoms with Gasteiger partial charge < -0.3 is 5.32 Å². The van der Waals surface area contributed by atoms with Gasteiger partial charge in [0.25, 0.3) is 0 Å². The molecule has 16 heavy (non-hydrogen) atoms. The van der Waals surface area contributed by atoms with Crippen molar-refractivity contribution in [1.29, 1.82) is 0 Å². The largest absolute Gasteiger partial charge is 0.312 e. The van der Waals surface area contributed by atoms with Crippen molar-refractivity contribution in [1.82, 2.24) is 10.2 Å². The van der Waals surface area contributed by atoms with Crippen LogP contribution < -0.4 is 5.32 Å². The number of hydrogen-bond donors (Lipinski definition) is 1. The topological polar surface area (TPSA) is 15.3 Å². The average Bonchev–Trinajstić information content (AvgIpc) is 2.13. The van der Waals surface area contributed by atoms with Crippen molar-refractivity contribution < 1.29 is 0 Å². The first-order chi connectivity index (χ1) is 7.48. The van der Waals surface area contributed by atoms with Crippen LogP contribution in [0.1, 0.15) is 40.5 Å². The second-order valence-corrected chi connectivity index (χ2v) is 5.80. The first kappa shape index (κ1) is 13.5. The molecular formula is C14H26N2. The van der Waals surface area contributed by atoms with E-state index in [4.69, 9.17) is 6.42 Å². The molecule has 0 aromatic carbocycles. The molecule has 2 nitrogen and oxygen atoms in total. The van der Waals surface area contributed by atoms with Crippen molar-refractivity contribution in [2.45, 2.75) is 52.1 Å². The zero-order valence-electron chi connectivity index (χ0n) is 11.2. The molecule has 1 rings (SSSR count). The van der Waals surface area contributed by atoms with Crippen molar-refractivity contribution in [3.05, 3.63) is 0 Å². The molecule has 0 bridgehead atoms. The highest BCUT2D eigenvalue weighted by Gasteiger charge is 2.34. The molecule has 0 heterocycles. The summed E-state index contributed by atoms with van der Waals surface area (Å²) >= 11 is 0. The van der Waals surface area contributed by atoms with Crippen LogP contribution in [-0.2, 0) is 0 Å². The highest BCUT2D eigenvalue weighted by atomic mass is 15.2. The van der Waals surface area contributed by atoms with Crippen LogP contribution in [0.25, 0.3) is 0 Å². The molecule has 2 heteroatoms. The molecule has 1 aliphatic rings. The number of rotatable bonds is 5. The van der Waals surface area contributed by atoms with Gasteiger partial charge in [-0.2, -0.15) is 0 Å². The lowest BCUT2D eigenvalue weighted by atomic mass is 9.78. The molecule has 0 amide bonds. The second-order valence-electron chi connectivity index (χ2n) is 5.80. The summed E-state index contributed by atoms with van der Waals surface area (Å²) in [6, 6.07) is 0.705. The van der Waals surface area contributed by atoms with E-state index in [0.29, 0.717) is 6.04 Å². The van der Waals surface area contributed by atoms with E-state index in [1.165, 1.54) is 12.8 Å². The van der Waals surface area contributed by atoms with Crippen LogP contribution in [0.2, 0.25) is 0 Å².